The molecule has 2 rings (SSSR count). The van der Waals surface area contributed by atoms with Crippen molar-refractivity contribution in [1.82, 2.24) is 10.0 Å². The van der Waals surface area contributed by atoms with E-state index in [1.165, 1.54) is 0 Å². The second kappa shape index (κ2) is 6.24. The summed E-state index contributed by atoms with van der Waals surface area (Å²) < 4.78 is 27.6. The molecule has 0 aliphatic heterocycles. The highest BCUT2D eigenvalue weighted by Crippen LogP contribution is 2.33. The van der Waals surface area contributed by atoms with E-state index in [1.807, 2.05) is 26.8 Å². The van der Waals surface area contributed by atoms with Crippen LogP contribution in [0.25, 0.3) is 0 Å². The molecule has 0 spiro atoms. The molecule has 1 saturated carbocycles. The van der Waals surface area contributed by atoms with E-state index in [0.29, 0.717) is 17.4 Å². The van der Waals surface area contributed by atoms with Gasteiger partial charge in [0.25, 0.3) is 0 Å². The van der Waals surface area contributed by atoms with Crippen LogP contribution in [0.3, 0.4) is 0 Å². The van der Waals surface area contributed by atoms with E-state index in [2.05, 4.69) is 10.0 Å². The molecule has 1 fully saturated rings. The Kier molecular flexibility index (Phi) is 4.83. The lowest BCUT2D eigenvalue weighted by molar-refractivity contribution is 0.538. The first kappa shape index (κ1) is 15.5. The van der Waals surface area contributed by atoms with Gasteiger partial charge in [0.1, 0.15) is 0 Å². The van der Waals surface area contributed by atoms with Crippen LogP contribution < -0.4 is 10.0 Å². The van der Waals surface area contributed by atoms with Crippen molar-refractivity contribution in [3.63, 3.8) is 0 Å². The number of aryl methyl sites for hydroxylation is 1. The van der Waals surface area contributed by atoms with Gasteiger partial charge in [-0.05, 0) is 62.4 Å². The molecule has 5 heteroatoms. The van der Waals surface area contributed by atoms with Crippen molar-refractivity contribution in [2.75, 3.05) is 6.54 Å². The number of nitrogens with one attached hydrogen (secondary N) is 2. The van der Waals surface area contributed by atoms with E-state index < -0.39 is 10.0 Å². The molecule has 20 heavy (non-hydrogen) atoms. The molecule has 0 aromatic heterocycles. The minimum atomic E-state index is -3.41. The van der Waals surface area contributed by atoms with Gasteiger partial charge in [-0.25, -0.2) is 13.1 Å². The molecule has 0 heterocycles. The monoisotopic (exact) mass is 296 g/mol. The molecular weight excluding hydrogens is 272 g/mol. The Morgan fingerprint density at radius 2 is 2.05 bits per heavy atom. The van der Waals surface area contributed by atoms with Gasteiger partial charge in [-0.3, -0.25) is 0 Å². The van der Waals surface area contributed by atoms with Crippen molar-refractivity contribution < 1.29 is 8.42 Å². The predicted octanol–water partition coefficient (Wildman–Crippen LogP) is 2.18. The zero-order chi connectivity index (χ0) is 14.8. The Labute approximate surface area is 122 Å². The average molecular weight is 296 g/mol. The zero-order valence-electron chi connectivity index (χ0n) is 12.4. The van der Waals surface area contributed by atoms with Gasteiger partial charge in [-0.1, -0.05) is 13.0 Å². The van der Waals surface area contributed by atoms with Crippen molar-refractivity contribution in [2.24, 2.45) is 5.92 Å². The molecule has 1 aromatic carbocycles. The summed E-state index contributed by atoms with van der Waals surface area (Å²) in [4.78, 5) is 0.364. The van der Waals surface area contributed by atoms with Crippen molar-refractivity contribution in [2.45, 2.75) is 51.1 Å². The molecule has 0 bridgehead atoms. The number of sulfonamides is 1. The van der Waals surface area contributed by atoms with Crippen LogP contribution in [0.4, 0.5) is 0 Å². The molecule has 0 amide bonds. The summed E-state index contributed by atoms with van der Waals surface area (Å²) in [7, 11) is -3.41. The van der Waals surface area contributed by atoms with Gasteiger partial charge in [-0.2, -0.15) is 0 Å². The largest absolute Gasteiger partial charge is 0.313 e. The molecule has 0 saturated heterocycles. The maximum absolute atomic E-state index is 12.4. The highest BCUT2D eigenvalue weighted by molar-refractivity contribution is 7.89. The first-order valence-electron chi connectivity index (χ1n) is 7.26. The fourth-order valence-electron chi connectivity index (χ4n) is 2.27. The van der Waals surface area contributed by atoms with Crippen LogP contribution in [-0.2, 0) is 16.6 Å². The number of hydrogen-bond donors (Lipinski definition) is 2. The van der Waals surface area contributed by atoms with E-state index >= 15 is 0 Å². The summed E-state index contributed by atoms with van der Waals surface area (Å²) in [5.74, 6) is 0.511. The first-order chi connectivity index (χ1) is 9.44. The summed E-state index contributed by atoms with van der Waals surface area (Å²) in [6, 6.07) is 5.37. The van der Waals surface area contributed by atoms with Crippen LogP contribution in [0.15, 0.2) is 23.1 Å². The van der Waals surface area contributed by atoms with E-state index in [4.69, 9.17) is 0 Å². The molecule has 1 unspecified atom stereocenters. The summed E-state index contributed by atoms with van der Waals surface area (Å²) in [5.41, 5.74) is 2.15. The maximum Gasteiger partial charge on any atom is 0.240 e. The third-order valence-electron chi connectivity index (χ3n) is 3.87. The average Bonchev–Trinajstić information content (AvgIpc) is 3.21. The quantitative estimate of drug-likeness (QED) is 0.811. The first-order valence-corrected chi connectivity index (χ1v) is 8.75. The standard InChI is InChI=1S/C15H24N2O2S/c1-4-16-10-14-9-15(8-5-11(14)2)20(18,19)17-12(3)13-6-7-13/h5,8-9,12-13,16-17H,4,6-7,10H2,1-3H3. The van der Waals surface area contributed by atoms with Crippen molar-refractivity contribution >= 4 is 10.0 Å². The van der Waals surface area contributed by atoms with Crippen molar-refractivity contribution in [1.29, 1.82) is 0 Å². The lowest BCUT2D eigenvalue weighted by Crippen LogP contribution is -2.34. The molecule has 0 radical (unpaired) electrons. The van der Waals surface area contributed by atoms with E-state index in [9.17, 15) is 8.42 Å². The Morgan fingerprint density at radius 3 is 2.65 bits per heavy atom. The highest BCUT2D eigenvalue weighted by Gasteiger charge is 2.31. The molecular formula is C15H24N2O2S. The van der Waals surface area contributed by atoms with Gasteiger partial charge in [-0.15, -0.1) is 0 Å². The Hall–Kier alpha value is -0.910. The van der Waals surface area contributed by atoms with Crippen LogP contribution in [-0.4, -0.2) is 21.0 Å². The molecule has 2 N–H and O–H groups in total. The second-order valence-corrected chi connectivity index (χ2v) is 7.33. The summed E-state index contributed by atoms with van der Waals surface area (Å²) in [6.45, 7) is 7.55. The Bertz CT molecular complexity index is 565. The van der Waals surface area contributed by atoms with Crippen LogP contribution >= 0.6 is 0 Å². The van der Waals surface area contributed by atoms with E-state index in [-0.39, 0.29) is 6.04 Å². The van der Waals surface area contributed by atoms with E-state index in [1.54, 1.807) is 12.1 Å². The highest BCUT2D eigenvalue weighted by atomic mass is 32.2. The van der Waals surface area contributed by atoms with Gasteiger partial charge in [0.2, 0.25) is 10.0 Å². The number of benzene rings is 1. The summed E-state index contributed by atoms with van der Waals surface area (Å²) in [6.07, 6.45) is 2.26. The zero-order valence-corrected chi connectivity index (χ0v) is 13.3. The third-order valence-corrected chi connectivity index (χ3v) is 5.42. The normalized spacial score (nSPS) is 17.1. The number of rotatable bonds is 7. The maximum atomic E-state index is 12.4. The molecule has 1 aromatic rings. The fourth-order valence-corrected chi connectivity index (χ4v) is 3.63. The lowest BCUT2D eigenvalue weighted by Gasteiger charge is -2.15. The van der Waals surface area contributed by atoms with Gasteiger partial charge >= 0.3 is 0 Å². The number of hydrogen-bond acceptors (Lipinski definition) is 3. The summed E-state index contributed by atoms with van der Waals surface area (Å²) in [5, 5.41) is 3.24. The van der Waals surface area contributed by atoms with Gasteiger partial charge in [0.15, 0.2) is 0 Å². The lowest BCUT2D eigenvalue weighted by atomic mass is 10.1. The molecule has 4 nitrogen and oxygen atoms in total. The van der Waals surface area contributed by atoms with Crippen molar-refractivity contribution in [3.05, 3.63) is 29.3 Å². The van der Waals surface area contributed by atoms with Crippen LogP contribution in [0.1, 0.15) is 37.8 Å². The predicted molar refractivity (Wildman–Crippen MR) is 81.1 cm³/mol. The minimum absolute atomic E-state index is 0.0264. The third kappa shape index (κ3) is 3.81. The smallest absolute Gasteiger partial charge is 0.240 e. The molecule has 1 atom stereocenters. The Balaban J connectivity index is 2.17. The topological polar surface area (TPSA) is 58.2 Å². The van der Waals surface area contributed by atoms with E-state index in [0.717, 1.165) is 30.5 Å². The van der Waals surface area contributed by atoms with Gasteiger partial charge < -0.3 is 5.32 Å². The Morgan fingerprint density at radius 1 is 1.35 bits per heavy atom. The van der Waals surface area contributed by atoms with Gasteiger partial charge in [0.05, 0.1) is 4.90 Å². The minimum Gasteiger partial charge on any atom is -0.313 e. The van der Waals surface area contributed by atoms with Crippen LogP contribution in [0, 0.1) is 12.8 Å². The van der Waals surface area contributed by atoms with Gasteiger partial charge in [0, 0.05) is 12.6 Å². The van der Waals surface area contributed by atoms with Crippen LogP contribution in [0.5, 0.6) is 0 Å². The molecule has 112 valence electrons. The molecule has 1 aliphatic carbocycles. The van der Waals surface area contributed by atoms with Crippen LogP contribution in [0.2, 0.25) is 0 Å². The van der Waals surface area contributed by atoms with Crippen molar-refractivity contribution in [3.8, 4) is 0 Å². The SMILES string of the molecule is CCNCc1cc(S(=O)(=O)NC(C)C2CC2)ccc1C. The molecule has 1 aliphatic rings. The second-order valence-electron chi connectivity index (χ2n) is 5.62. The summed E-state index contributed by atoms with van der Waals surface area (Å²) >= 11 is 0. The fraction of sp³-hybridized carbons (Fsp3) is 0.600.